The number of amides is 2. The highest BCUT2D eigenvalue weighted by molar-refractivity contribution is 9.10. The van der Waals surface area contributed by atoms with E-state index in [-0.39, 0.29) is 28.9 Å². The van der Waals surface area contributed by atoms with Crippen LogP contribution in [0.1, 0.15) is 43.4 Å². The van der Waals surface area contributed by atoms with Gasteiger partial charge in [0.15, 0.2) is 0 Å². The number of rotatable bonds is 7. The topological polar surface area (TPSA) is 109 Å². The number of anilines is 1. The molecule has 2 aromatic carbocycles. The van der Waals surface area contributed by atoms with Gasteiger partial charge in [-0.2, -0.15) is 18.3 Å². The van der Waals surface area contributed by atoms with Crippen LogP contribution in [0.5, 0.6) is 0 Å². The summed E-state index contributed by atoms with van der Waals surface area (Å²) in [5, 5.41) is 19.4. The number of aromatic nitrogens is 3. The van der Waals surface area contributed by atoms with E-state index in [1.807, 2.05) is 0 Å². The Morgan fingerprint density at radius 2 is 1.82 bits per heavy atom. The van der Waals surface area contributed by atoms with Gasteiger partial charge in [0, 0.05) is 15.4 Å². The molecule has 0 fully saturated rings. The monoisotopic (exact) mass is 613 g/mol. The first-order chi connectivity index (χ1) is 18.9. The van der Waals surface area contributed by atoms with Crippen molar-refractivity contribution in [3.63, 3.8) is 0 Å². The average molecular weight is 614 g/mol. The van der Waals surface area contributed by atoms with Crippen molar-refractivity contribution in [2.45, 2.75) is 32.7 Å². The van der Waals surface area contributed by atoms with E-state index in [0.717, 1.165) is 11.6 Å². The summed E-state index contributed by atoms with van der Waals surface area (Å²) in [5.74, 6) is 0.997. The van der Waals surface area contributed by atoms with Gasteiger partial charge in [-0.15, -0.1) is 6.42 Å². The Morgan fingerprint density at radius 3 is 2.48 bits per heavy atom. The van der Waals surface area contributed by atoms with Gasteiger partial charge in [-0.05, 0) is 55.8 Å². The number of aryl methyl sites for hydroxylation is 1. The first kappa shape index (κ1) is 28.8. The normalized spacial score (nSPS) is 12.2. The summed E-state index contributed by atoms with van der Waals surface area (Å²) < 4.78 is 42.7. The molecule has 2 amide bonds. The zero-order valence-corrected chi connectivity index (χ0v) is 22.9. The van der Waals surface area contributed by atoms with Gasteiger partial charge in [-0.25, -0.2) is 4.98 Å². The van der Waals surface area contributed by atoms with E-state index in [1.54, 1.807) is 54.9 Å². The number of terminal acetylenes is 1. The van der Waals surface area contributed by atoms with Crippen LogP contribution in [0.15, 0.2) is 53.0 Å². The first-order valence-electron chi connectivity index (χ1n) is 11.9. The highest BCUT2D eigenvalue weighted by Crippen LogP contribution is 2.32. The smallest absolute Gasteiger partial charge is 0.379 e. The third-order valence-corrected chi connectivity index (χ3v) is 6.62. The van der Waals surface area contributed by atoms with Gasteiger partial charge in [0.05, 0.1) is 41.2 Å². The lowest BCUT2D eigenvalue weighted by molar-refractivity contribution is -0.141. The van der Waals surface area contributed by atoms with E-state index in [0.29, 0.717) is 33.7 Å². The summed E-state index contributed by atoms with van der Waals surface area (Å²) in [6.07, 6.45) is -0.712. The van der Waals surface area contributed by atoms with Crippen molar-refractivity contribution in [3.8, 4) is 12.3 Å². The fraction of sp³-hybridized carbons (Fsp3) is 0.214. The maximum atomic E-state index is 13.5. The summed E-state index contributed by atoms with van der Waals surface area (Å²) in [4.78, 5) is 29.2. The van der Waals surface area contributed by atoms with Crippen molar-refractivity contribution >= 4 is 44.3 Å². The Kier molecular flexibility index (Phi) is 8.27. The van der Waals surface area contributed by atoms with E-state index in [9.17, 15) is 27.9 Å². The Balaban J connectivity index is 1.56. The molecule has 0 bridgehead atoms. The van der Waals surface area contributed by atoms with E-state index in [1.165, 1.54) is 6.07 Å². The van der Waals surface area contributed by atoms with Crippen LogP contribution in [-0.4, -0.2) is 44.3 Å². The second-order valence-corrected chi connectivity index (χ2v) is 9.88. The lowest BCUT2D eigenvalue weighted by atomic mass is 10.1. The van der Waals surface area contributed by atoms with E-state index >= 15 is 0 Å². The maximum absolute atomic E-state index is 13.5. The van der Waals surface area contributed by atoms with Gasteiger partial charge in [-0.1, -0.05) is 34.0 Å². The molecule has 206 valence electrons. The van der Waals surface area contributed by atoms with Gasteiger partial charge < -0.3 is 15.7 Å². The molecule has 0 aliphatic carbocycles. The molecule has 2 aromatic heterocycles. The lowest BCUT2D eigenvalue weighted by Gasteiger charge is -2.13. The van der Waals surface area contributed by atoms with Gasteiger partial charge in [0.1, 0.15) is 11.8 Å². The van der Waals surface area contributed by atoms with Crippen molar-refractivity contribution in [1.29, 1.82) is 0 Å². The minimum absolute atomic E-state index is 0.0386. The number of nitrogens with one attached hydrogen (secondary N) is 2. The Labute approximate surface area is 235 Å². The fourth-order valence-electron chi connectivity index (χ4n) is 4.03. The zero-order valence-electron chi connectivity index (χ0n) is 21.3. The largest absolute Gasteiger partial charge is 0.433 e. The summed E-state index contributed by atoms with van der Waals surface area (Å²) in [6, 6.07) is 12.0. The van der Waals surface area contributed by atoms with Crippen LogP contribution in [0.25, 0.3) is 10.9 Å². The molecule has 4 aromatic rings. The molecule has 0 radical (unpaired) electrons. The van der Waals surface area contributed by atoms with Crippen LogP contribution in [0.3, 0.4) is 0 Å². The number of aliphatic hydroxyl groups excluding tert-OH is 1. The number of carbonyl (C=O) groups is 2. The maximum Gasteiger partial charge on any atom is 0.433 e. The summed E-state index contributed by atoms with van der Waals surface area (Å²) >= 11 is 3.29. The van der Waals surface area contributed by atoms with Gasteiger partial charge in [-0.3, -0.25) is 14.3 Å². The zero-order chi connectivity index (χ0) is 29.2. The molecular formula is C28H23BrF3N5O3. The predicted molar refractivity (Wildman–Crippen MR) is 147 cm³/mol. The number of fused-ring (bicyclic) bond motifs is 1. The number of pyridine rings is 1. The van der Waals surface area contributed by atoms with Crippen LogP contribution < -0.4 is 10.6 Å². The fourth-order valence-corrected chi connectivity index (χ4v) is 4.39. The third kappa shape index (κ3) is 6.32. The van der Waals surface area contributed by atoms with Crippen molar-refractivity contribution in [1.82, 2.24) is 20.1 Å². The molecule has 1 atom stereocenters. The molecule has 4 rings (SSSR count). The minimum atomic E-state index is -4.73. The minimum Gasteiger partial charge on any atom is -0.379 e. The van der Waals surface area contributed by atoms with Crippen molar-refractivity contribution in [2.24, 2.45) is 0 Å². The quantitative estimate of drug-likeness (QED) is 0.258. The molecule has 0 spiro atoms. The molecule has 0 aliphatic heterocycles. The number of carbonyl (C=O) groups excluding carboxylic acids is 2. The average Bonchev–Trinajstić information content (AvgIpc) is 3.17. The third-order valence-electron chi connectivity index (χ3n) is 6.12. The van der Waals surface area contributed by atoms with Gasteiger partial charge in [0.25, 0.3) is 11.8 Å². The van der Waals surface area contributed by atoms with Crippen molar-refractivity contribution < 1.29 is 27.9 Å². The van der Waals surface area contributed by atoms with Crippen LogP contribution in [0, 0.1) is 26.2 Å². The molecular weight excluding hydrogens is 591 g/mol. The van der Waals surface area contributed by atoms with Crippen molar-refractivity contribution in [3.05, 3.63) is 86.8 Å². The number of aliphatic hydroxyl groups is 1. The highest BCUT2D eigenvalue weighted by atomic mass is 79.9. The molecule has 3 N–H and O–H groups in total. The second-order valence-electron chi connectivity index (χ2n) is 8.96. The molecule has 40 heavy (non-hydrogen) atoms. The molecule has 1 unspecified atom stereocenters. The molecule has 12 heteroatoms. The SMILES string of the molecule is C#CC(O)CNC(=O)c1ccc(Cn2nc(C)c(NC(=O)c3cc(C(F)(F)F)nc4ccc(Br)cc34)c2C)cc1. The Hall–Kier alpha value is -4.21. The summed E-state index contributed by atoms with van der Waals surface area (Å²) in [7, 11) is 0. The van der Waals surface area contributed by atoms with Crippen LogP contribution in [0.2, 0.25) is 0 Å². The molecule has 0 aliphatic rings. The summed E-state index contributed by atoms with van der Waals surface area (Å²) in [6.45, 7) is 3.65. The molecule has 0 saturated heterocycles. The van der Waals surface area contributed by atoms with Crippen LogP contribution in [-0.2, 0) is 12.7 Å². The second kappa shape index (κ2) is 11.5. The van der Waals surface area contributed by atoms with Gasteiger partial charge in [0.2, 0.25) is 0 Å². The van der Waals surface area contributed by atoms with Gasteiger partial charge >= 0.3 is 6.18 Å². The van der Waals surface area contributed by atoms with Crippen molar-refractivity contribution in [2.75, 3.05) is 11.9 Å². The number of halogens is 4. The number of nitrogens with zero attached hydrogens (tertiary/aromatic N) is 3. The van der Waals surface area contributed by atoms with E-state index in [4.69, 9.17) is 6.42 Å². The number of hydrogen-bond acceptors (Lipinski definition) is 5. The number of alkyl halides is 3. The molecule has 8 nitrogen and oxygen atoms in total. The number of hydrogen-bond donors (Lipinski definition) is 3. The van der Waals surface area contributed by atoms with E-state index in [2.05, 4.69) is 42.6 Å². The van der Waals surface area contributed by atoms with Crippen LogP contribution >= 0.6 is 15.9 Å². The highest BCUT2D eigenvalue weighted by Gasteiger charge is 2.34. The number of benzene rings is 2. The standard InChI is InChI=1S/C28H23BrF3N5O3/c1-4-20(38)13-33-26(39)18-7-5-17(6-8-18)14-37-16(3)25(15(2)36-37)35-27(40)22-12-24(28(30,31)32)34-23-10-9-19(29)11-21(22)23/h1,5-12,20,38H,13-14H2,2-3H3,(H,33,39)(H,35,40). The lowest BCUT2D eigenvalue weighted by Crippen LogP contribution is -2.31. The molecule has 2 heterocycles. The predicted octanol–water partition coefficient (Wildman–Crippen LogP) is 4.85. The Morgan fingerprint density at radius 1 is 1.12 bits per heavy atom. The summed E-state index contributed by atoms with van der Waals surface area (Å²) in [5.41, 5.74) is 1.33. The van der Waals surface area contributed by atoms with Crippen LogP contribution in [0.4, 0.5) is 18.9 Å². The first-order valence-corrected chi connectivity index (χ1v) is 12.7. The van der Waals surface area contributed by atoms with E-state index < -0.39 is 23.9 Å². The molecule has 0 saturated carbocycles. The Bertz CT molecular complexity index is 1640.